The summed E-state index contributed by atoms with van der Waals surface area (Å²) < 4.78 is 5.58. The second-order valence-electron chi connectivity index (χ2n) is 4.91. The monoisotopic (exact) mass is 216 g/mol. The first-order valence-electron chi connectivity index (χ1n) is 5.23. The van der Waals surface area contributed by atoms with E-state index < -0.39 is 6.09 Å². The fourth-order valence-electron chi connectivity index (χ4n) is 1.80. The summed E-state index contributed by atoms with van der Waals surface area (Å²) in [5, 5.41) is 14.5. The number of hydrogen-bond acceptors (Lipinski definition) is 3. The largest absolute Gasteiger partial charge is 0.465 e. The van der Waals surface area contributed by atoms with Crippen LogP contribution in [0.4, 0.5) is 4.79 Å². The summed E-state index contributed by atoms with van der Waals surface area (Å²) in [6, 6.07) is -0.192. The van der Waals surface area contributed by atoms with E-state index in [1.54, 1.807) is 0 Å². The quantitative estimate of drug-likeness (QED) is 0.634. The lowest BCUT2D eigenvalue weighted by molar-refractivity contribution is -0.0205. The van der Waals surface area contributed by atoms with Gasteiger partial charge in [-0.25, -0.2) is 4.79 Å². The predicted octanol–water partition coefficient (Wildman–Crippen LogP) is 0.657. The maximum atomic E-state index is 10.7. The summed E-state index contributed by atoms with van der Waals surface area (Å²) in [5.41, 5.74) is -0.151. The van der Waals surface area contributed by atoms with E-state index in [1.165, 1.54) is 0 Å². The van der Waals surface area contributed by atoms with Crippen molar-refractivity contribution in [1.82, 2.24) is 10.6 Å². The van der Waals surface area contributed by atoms with E-state index in [1.807, 2.05) is 20.8 Å². The van der Waals surface area contributed by atoms with Crippen molar-refractivity contribution in [2.24, 2.45) is 5.41 Å². The van der Waals surface area contributed by atoms with Crippen molar-refractivity contribution >= 4 is 6.09 Å². The van der Waals surface area contributed by atoms with Gasteiger partial charge in [0.25, 0.3) is 0 Å². The molecule has 5 nitrogen and oxygen atoms in total. The van der Waals surface area contributed by atoms with Gasteiger partial charge in [-0.15, -0.1) is 0 Å². The molecule has 0 spiro atoms. The molecular formula is C10H20N2O3. The molecule has 5 heteroatoms. The molecule has 1 heterocycles. The van der Waals surface area contributed by atoms with Gasteiger partial charge in [0.2, 0.25) is 0 Å². The summed E-state index contributed by atoms with van der Waals surface area (Å²) >= 11 is 0. The van der Waals surface area contributed by atoms with Gasteiger partial charge in [-0.1, -0.05) is 20.8 Å². The molecule has 0 radical (unpaired) electrons. The molecule has 0 aromatic heterocycles. The minimum Gasteiger partial charge on any atom is -0.465 e. The number of nitrogens with one attached hydrogen (secondary N) is 2. The van der Waals surface area contributed by atoms with E-state index in [-0.39, 0.29) is 17.6 Å². The topological polar surface area (TPSA) is 70.6 Å². The Morgan fingerprint density at radius 1 is 1.60 bits per heavy atom. The smallest absolute Gasteiger partial charge is 0.404 e. The second-order valence-corrected chi connectivity index (χ2v) is 4.91. The third-order valence-corrected chi connectivity index (χ3v) is 2.54. The normalized spacial score (nSPS) is 24.6. The highest BCUT2D eigenvalue weighted by atomic mass is 16.5. The first-order chi connectivity index (χ1) is 6.91. The minimum atomic E-state index is -0.996. The van der Waals surface area contributed by atoms with Gasteiger partial charge in [-0.05, 0) is 5.41 Å². The number of amides is 1. The van der Waals surface area contributed by atoms with Crippen molar-refractivity contribution in [2.75, 3.05) is 19.7 Å². The van der Waals surface area contributed by atoms with Gasteiger partial charge in [0.05, 0.1) is 18.8 Å². The second kappa shape index (κ2) is 4.81. The van der Waals surface area contributed by atoms with Crippen LogP contribution in [0, 0.1) is 5.41 Å². The third-order valence-electron chi connectivity index (χ3n) is 2.54. The van der Waals surface area contributed by atoms with Crippen LogP contribution in [-0.4, -0.2) is 43.0 Å². The molecule has 2 unspecified atom stereocenters. The molecule has 0 aliphatic carbocycles. The van der Waals surface area contributed by atoms with Gasteiger partial charge in [0, 0.05) is 13.1 Å². The Balaban J connectivity index is 2.66. The van der Waals surface area contributed by atoms with Gasteiger partial charge >= 0.3 is 6.09 Å². The number of carboxylic acid groups (broad SMARTS) is 1. The number of hydrogen-bond donors (Lipinski definition) is 3. The van der Waals surface area contributed by atoms with Gasteiger partial charge < -0.3 is 20.5 Å². The highest BCUT2D eigenvalue weighted by Crippen LogP contribution is 2.24. The molecule has 0 aromatic carbocycles. The van der Waals surface area contributed by atoms with Crippen LogP contribution in [0.3, 0.4) is 0 Å². The van der Waals surface area contributed by atoms with Crippen LogP contribution in [0.5, 0.6) is 0 Å². The Morgan fingerprint density at radius 2 is 2.27 bits per heavy atom. The Morgan fingerprint density at radius 3 is 2.67 bits per heavy atom. The van der Waals surface area contributed by atoms with Gasteiger partial charge in [-0.3, -0.25) is 0 Å². The number of carbonyl (C=O) groups is 1. The Kier molecular flexibility index (Phi) is 3.93. The van der Waals surface area contributed by atoms with E-state index in [9.17, 15) is 4.79 Å². The summed E-state index contributed by atoms with van der Waals surface area (Å²) in [6.07, 6.45) is -1.08. The maximum Gasteiger partial charge on any atom is 0.404 e. The standard InChI is InChI=1S/C10H20N2O3/c1-10(2,3)8(12-9(13)14)7-6-11-4-5-15-7/h7-8,11-12H,4-6H2,1-3H3,(H,13,14). The van der Waals surface area contributed by atoms with Crippen LogP contribution < -0.4 is 10.6 Å². The zero-order valence-corrected chi connectivity index (χ0v) is 9.54. The van der Waals surface area contributed by atoms with E-state index in [0.717, 1.165) is 6.54 Å². The minimum absolute atomic E-state index is 0.0881. The van der Waals surface area contributed by atoms with Gasteiger partial charge in [0.15, 0.2) is 0 Å². The molecule has 0 saturated carbocycles. The van der Waals surface area contributed by atoms with E-state index in [4.69, 9.17) is 9.84 Å². The van der Waals surface area contributed by atoms with Crippen molar-refractivity contribution in [3.8, 4) is 0 Å². The summed E-state index contributed by atoms with van der Waals surface area (Å²) in [7, 11) is 0. The molecule has 1 saturated heterocycles. The third kappa shape index (κ3) is 3.68. The molecule has 1 rings (SSSR count). The first-order valence-corrected chi connectivity index (χ1v) is 5.23. The van der Waals surface area contributed by atoms with E-state index in [0.29, 0.717) is 13.2 Å². The van der Waals surface area contributed by atoms with E-state index >= 15 is 0 Å². The van der Waals surface area contributed by atoms with Crippen LogP contribution in [0.1, 0.15) is 20.8 Å². The summed E-state index contributed by atoms with van der Waals surface area (Å²) in [6.45, 7) is 8.18. The predicted molar refractivity (Wildman–Crippen MR) is 57.0 cm³/mol. The average molecular weight is 216 g/mol. The van der Waals surface area contributed by atoms with Crippen LogP contribution in [0.2, 0.25) is 0 Å². The summed E-state index contributed by atoms with van der Waals surface area (Å²) in [4.78, 5) is 10.7. The molecule has 15 heavy (non-hydrogen) atoms. The highest BCUT2D eigenvalue weighted by Gasteiger charge is 2.35. The highest BCUT2D eigenvalue weighted by molar-refractivity contribution is 5.65. The maximum absolute atomic E-state index is 10.7. The molecular weight excluding hydrogens is 196 g/mol. The number of morpholine rings is 1. The Hall–Kier alpha value is -0.810. The SMILES string of the molecule is CC(C)(C)C(NC(=O)O)C1CNCCO1. The molecule has 0 aromatic rings. The van der Waals surface area contributed by atoms with Gasteiger partial charge in [-0.2, -0.15) is 0 Å². The Bertz CT molecular complexity index is 219. The molecule has 1 aliphatic heterocycles. The van der Waals surface area contributed by atoms with E-state index in [2.05, 4.69) is 10.6 Å². The number of ether oxygens (including phenoxy) is 1. The molecule has 88 valence electrons. The van der Waals surface area contributed by atoms with Crippen LogP contribution in [0.25, 0.3) is 0 Å². The van der Waals surface area contributed by atoms with Crippen LogP contribution in [0.15, 0.2) is 0 Å². The van der Waals surface area contributed by atoms with Crippen LogP contribution >= 0.6 is 0 Å². The lowest BCUT2D eigenvalue weighted by atomic mass is 9.83. The molecule has 3 N–H and O–H groups in total. The zero-order chi connectivity index (χ0) is 11.5. The van der Waals surface area contributed by atoms with Crippen molar-refractivity contribution in [2.45, 2.75) is 32.9 Å². The number of rotatable bonds is 2. The molecule has 1 fully saturated rings. The van der Waals surface area contributed by atoms with Crippen molar-refractivity contribution in [3.63, 3.8) is 0 Å². The Labute approximate surface area is 90.2 Å². The van der Waals surface area contributed by atoms with Crippen molar-refractivity contribution in [3.05, 3.63) is 0 Å². The molecule has 1 amide bonds. The fraction of sp³-hybridized carbons (Fsp3) is 0.900. The lowest BCUT2D eigenvalue weighted by Crippen LogP contribution is -2.57. The molecule has 0 bridgehead atoms. The molecule has 1 aliphatic rings. The van der Waals surface area contributed by atoms with Crippen LogP contribution in [-0.2, 0) is 4.74 Å². The lowest BCUT2D eigenvalue weighted by Gasteiger charge is -2.38. The van der Waals surface area contributed by atoms with Gasteiger partial charge in [0.1, 0.15) is 0 Å². The average Bonchev–Trinajstić information content (AvgIpc) is 2.14. The molecule has 2 atom stereocenters. The zero-order valence-electron chi connectivity index (χ0n) is 9.54. The summed E-state index contributed by atoms with van der Waals surface area (Å²) in [5.74, 6) is 0. The fourth-order valence-corrected chi connectivity index (χ4v) is 1.80. The van der Waals surface area contributed by atoms with Crippen molar-refractivity contribution in [1.29, 1.82) is 0 Å². The first kappa shape index (κ1) is 12.3. The van der Waals surface area contributed by atoms with Crippen molar-refractivity contribution < 1.29 is 14.6 Å².